The van der Waals surface area contributed by atoms with Gasteiger partial charge in [-0.15, -0.1) is 46.7 Å². The van der Waals surface area contributed by atoms with Crippen molar-refractivity contribution in [3.8, 4) is 0 Å². The second-order valence-electron chi connectivity index (χ2n) is 5.79. The lowest BCUT2D eigenvalue weighted by Gasteiger charge is -2.27. The lowest BCUT2D eigenvalue weighted by atomic mass is 10.2. The summed E-state index contributed by atoms with van der Waals surface area (Å²) >= 11 is 7.10. The molecule has 0 radical (unpaired) electrons. The van der Waals surface area contributed by atoms with Crippen molar-refractivity contribution in [2.24, 2.45) is 4.99 Å². The van der Waals surface area contributed by atoms with Crippen molar-refractivity contribution in [3.05, 3.63) is 43.2 Å². The summed E-state index contributed by atoms with van der Waals surface area (Å²) in [5.41, 5.74) is 0. The van der Waals surface area contributed by atoms with E-state index in [1.807, 2.05) is 18.4 Å². The highest BCUT2D eigenvalue weighted by atomic mass is 127. The summed E-state index contributed by atoms with van der Waals surface area (Å²) in [5.74, 6) is 0.861. The molecular weight excluding hydrogens is 531 g/mol. The Kier molecular flexibility index (Phi) is 9.18. The normalized spacial score (nSPS) is 16.5. The van der Waals surface area contributed by atoms with Gasteiger partial charge in [0, 0.05) is 23.3 Å². The number of hydrogen-bond acceptors (Lipinski definition) is 4. The molecule has 0 spiro atoms. The molecule has 2 aromatic rings. The van der Waals surface area contributed by atoms with Crippen molar-refractivity contribution >= 4 is 68.5 Å². The number of likely N-dealkylation sites (tertiary alicyclic amines) is 1. The van der Waals surface area contributed by atoms with E-state index >= 15 is 0 Å². The number of aliphatic imine (C=N–C) groups is 1. The summed E-state index contributed by atoms with van der Waals surface area (Å²) in [6.07, 6.45) is 2.62. The molecule has 1 fully saturated rings. The van der Waals surface area contributed by atoms with Gasteiger partial charge in [0.05, 0.1) is 16.4 Å². The molecular formula is C17H24BrIN4S2. The Morgan fingerprint density at radius 2 is 2.08 bits per heavy atom. The highest BCUT2D eigenvalue weighted by Crippen LogP contribution is 2.27. The van der Waals surface area contributed by atoms with Crippen LogP contribution in [0.15, 0.2) is 38.4 Å². The molecule has 3 heterocycles. The van der Waals surface area contributed by atoms with Crippen LogP contribution in [0, 0.1) is 0 Å². The van der Waals surface area contributed by atoms with Crippen LogP contribution in [0.25, 0.3) is 0 Å². The molecule has 0 saturated carbocycles. The molecule has 0 aliphatic carbocycles. The molecule has 2 aromatic heterocycles. The third kappa shape index (κ3) is 6.20. The van der Waals surface area contributed by atoms with Gasteiger partial charge in [-0.3, -0.25) is 9.89 Å². The van der Waals surface area contributed by atoms with Crippen LogP contribution in [0.2, 0.25) is 0 Å². The molecule has 0 aromatic carbocycles. The number of guanidine groups is 1. The third-order valence-corrected chi connectivity index (χ3v) is 6.80. The zero-order chi connectivity index (χ0) is 16.8. The van der Waals surface area contributed by atoms with Crippen LogP contribution < -0.4 is 10.6 Å². The fourth-order valence-electron chi connectivity index (χ4n) is 2.98. The average Bonchev–Trinajstić information content (AvgIpc) is 3.33. The van der Waals surface area contributed by atoms with Crippen LogP contribution in [0.1, 0.15) is 28.6 Å². The Hall–Kier alpha value is -0.160. The Bertz CT molecular complexity index is 653. The molecule has 1 aliphatic rings. The van der Waals surface area contributed by atoms with Gasteiger partial charge in [-0.05, 0) is 65.4 Å². The number of thiophene rings is 2. The van der Waals surface area contributed by atoms with Crippen LogP contribution in [0.4, 0.5) is 0 Å². The molecule has 3 rings (SSSR count). The maximum Gasteiger partial charge on any atom is 0.191 e. The number of halogens is 2. The standard InChI is InChI=1S/C17H23BrN4S2.HI/c1-19-17(20-11-13-6-7-16(18)24-13)21-12-14(15-5-4-10-23-15)22-8-2-3-9-22;/h4-7,10,14H,2-3,8-9,11-12H2,1H3,(H2,19,20,21);1H. The van der Waals surface area contributed by atoms with E-state index < -0.39 is 0 Å². The predicted octanol–water partition coefficient (Wildman–Crippen LogP) is 4.69. The molecule has 4 nitrogen and oxygen atoms in total. The van der Waals surface area contributed by atoms with E-state index in [4.69, 9.17) is 0 Å². The Morgan fingerprint density at radius 1 is 1.28 bits per heavy atom. The van der Waals surface area contributed by atoms with E-state index in [1.54, 1.807) is 11.3 Å². The lowest BCUT2D eigenvalue weighted by Crippen LogP contribution is -2.42. The average molecular weight is 555 g/mol. The summed E-state index contributed by atoms with van der Waals surface area (Å²) in [4.78, 5) is 9.67. The van der Waals surface area contributed by atoms with Crippen LogP contribution in [0.3, 0.4) is 0 Å². The molecule has 1 unspecified atom stereocenters. The van der Waals surface area contributed by atoms with Crippen molar-refractivity contribution in [3.63, 3.8) is 0 Å². The van der Waals surface area contributed by atoms with Gasteiger partial charge in [0.15, 0.2) is 5.96 Å². The molecule has 1 saturated heterocycles. The quantitative estimate of drug-likeness (QED) is 0.309. The lowest BCUT2D eigenvalue weighted by molar-refractivity contribution is 0.249. The monoisotopic (exact) mass is 554 g/mol. The maximum absolute atomic E-state index is 4.36. The SMILES string of the molecule is CN=C(NCc1ccc(Br)s1)NCC(c1cccs1)N1CCCC1.I. The summed E-state index contributed by atoms with van der Waals surface area (Å²) in [7, 11) is 1.83. The predicted molar refractivity (Wildman–Crippen MR) is 124 cm³/mol. The molecule has 8 heteroatoms. The van der Waals surface area contributed by atoms with Gasteiger partial charge < -0.3 is 10.6 Å². The largest absolute Gasteiger partial charge is 0.354 e. The zero-order valence-electron chi connectivity index (χ0n) is 14.2. The van der Waals surface area contributed by atoms with Gasteiger partial charge in [-0.1, -0.05) is 6.07 Å². The summed E-state index contributed by atoms with van der Waals surface area (Å²) in [6.45, 7) is 4.07. The molecule has 25 heavy (non-hydrogen) atoms. The Morgan fingerprint density at radius 3 is 2.68 bits per heavy atom. The van der Waals surface area contributed by atoms with E-state index in [2.05, 4.69) is 66.1 Å². The first-order valence-electron chi connectivity index (χ1n) is 8.22. The van der Waals surface area contributed by atoms with Gasteiger partial charge >= 0.3 is 0 Å². The third-order valence-electron chi connectivity index (χ3n) is 4.20. The fraction of sp³-hybridized carbons (Fsp3) is 0.471. The highest BCUT2D eigenvalue weighted by molar-refractivity contribution is 14.0. The number of nitrogens with one attached hydrogen (secondary N) is 2. The van der Waals surface area contributed by atoms with E-state index in [0.29, 0.717) is 6.04 Å². The van der Waals surface area contributed by atoms with Crippen molar-refractivity contribution in [1.29, 1.82) is 0 Å². The van der Waals surface area contributed by atoms with Gasteiger partial charge in [-0.25, -0.2) is 0 Å². The molecule has 1 aliphatic heterocycles. The summed E-state index contributed by atoms with van der Waals surface area (Å²) in [5, 5.41) is 9.08. The summed E-state index contributed by atoms with van der Waals surface area (Å²) in [6, 6.07) is 9.03. The number of nitrogens with zero attached hydrogens (tertiary/aromatic N) is 2. The maximum atomic E-state index is 4.36. The Labute approximate surface area is 183 Å². The van der Waals surface area contributed by atoms with Crippen LogP contribution in [-0.4, -0.2) is 37.5 Å². The molecule has 0 bridgehead atoms. The second-order valence-corrected chi connectivity index (χ2v) is 9.31. The minimum absolute atomic E-state index is 0. The first-order valence-corrected chi connectivity index (χ1v) is 10.7. The fourth-order valence-corrected chi connectivity index (χ4v) is 5.26. The minimum Gasteiger partial charge on any atom is -0.354 e. The second kappa shape index (κ2) is 10.9. The van der Waals surface area contributed by atoms with Gasteiger partial charge in [0.1, 0.15) is 0 Å². The zero-order valence-corrected chi connectivity index (χ0v) is 19.8. The van der Waals surface area contributed by atoms with Gasteiger partial charge in [0.25, 0.3) is 0 Å². The number of hydrogen-bond donors (Lipinski definition) is 2. The molecule has 2 N–H and O–H groups in total. The highest BCUT2D eigenvalue weighted by Gasteiger charge is 2.24. The summed E-state index contributed by atoms with van der Waals surface area (Å²) < 4.78 is 1.16. The van der Waals surface area contributed by atoms with Crippen molar-refractivity contribution in [2.75, 3.05) is 26.7 Å². The van der Waals surface area contributed by atoms with E-state index in [1.165, 1.54) is 35.7 Å². The number of rotatable bonds is 6. The van der Waals surface area contributed by atoms with E-state index in [9.17, 15) is 0 Å². The van der Waals surface area contributed by atoms with E-state index in [0.717, 1.165) is 22.8 Å². The first kappa shape index (κ1) is 21.1. The van der Waals surface area contributed by atoms with Crippen molar-refractivity contribution in [1.82, 2.24) is 15.5 Å². The van der Waals surface area contributed by atoms with Crippen molar-refractivity contribution < 1.29 is 0 Å². The van der Waals surface area contributed by atoms with Crippen LogP contribution >= 0.6 is 62.6 Å². The molecule has 138 valence electrons. The first-order chi connectivity index (χ1) is 11.8. The topological polar surface area (TPSA) is 39.7 Å². The van der Waals surface area contributed by atoms with Gasteiger partial charge in [-0.2, -0.15) is 0 Å². The van der Waals surface area contributed by atoms with Crippen molar-refractivity contribution in [2.45, 2.75) is 25.4 Å². The van der Waals surface area contributed by atoms with E-state index in [-0.39, 0.29) is 24.0 Å². The minimum atomic E-state index is 0. The molecule has 1 atom stereocenters. The van der Waals surface area contributed by atoms with Crippen LogP contribution in [0.5, 0.6) is 0 Å². The Balaban J connectivity index is 0.00000225. The smallest absolute Gasteiger partial charge is 0.191 e. The van der Waals surface area contributed by atoms with Crippen LogP contribution in [-0.2, 0) is 6.54 Å². The molecule has 0 amide bonds. The van der Waals surface area contributed by atoms with Gasteiger partial charge in [0.2, 0.25) is 0 Å².